The zero-order valence-corrected chi connectivity index (χ0v) is 18.7. The summed E-state index contributed by atoms with van der Waals surface area (Å²) in [6, 6.07) is 13.3. The molecule has 0 saturated heterocycles. The van der Waals surface area contributed by atoms with Gasteiger partial charge in [0.25, 0.3) is 5.56 Å². The van der Waals surface area contributed by atoms with E-state index in [4.69, 9.17) is 9.47 Å². The molecule has 0 spiro atoms. The van der Waals surface area contributed by atoms with Gasteiger partial charge in [0, 0.05) is 5.56 Å². The molecule has 2 aromatic carbocycles. The molecule has 1 aliphatic heterocycles. The molecule has 0 radical (unpaired) electrons. The van der Waals surface area contributed by atoms with Crippen LogP contribution >= 0.6 is 11.3 Å². The molecule has 1 aliphatic rings. The van der Waals surface area contributed by atoms with Crippen molar-refractivity contribution in [1.29, 1.82) is 0 Å². The molecule has 0 saturated carbocycles. The van der Waals surface area contributed by atoms with Gasteiger partial charge < -0.3 is 14.6 Å². The monoisotopic (exact) mass is 450 g/mol. The van der Waals surface area contributed by atoms with Crippen molar-refractivity contribution in [2.75, 3.05) is 13.7 Å². The molecule has 0 bridgehead atoms. The van der Waals surface area contributed by atoms with Gasteiger partial charge in [-0.05, 0) is 43.7 Å². The van der Waals surface area contributed by atoms with Gasteiger partial charge in [-0.3, -0.25) is 9.36 Å². The number of allylic oxidation sites excluding steroid dienone is 1. The number of aromatic hydroxyl groups is 1. The third kappa shape index (κ3) is 3.85. The summed E-state index contributed by atoms with van der Waals surface area (Å²) >= 11 is 1.21. The molecular formula is C24H22N2O5S. The van der Waals surface area contributed by atoms with Crippen LogP contribution in [0.25, 0.3) is 6.08 Å². The number of thiazole rings is 1. The maximum Gasteiger partial charge on any atom is 0.338 e. The summed E-state index contributed by atoms with van der Waals surface area (Å²) in [5, 5.41) is 10.1. The molecule has 4 rings (SSSR count). The molecule has 32 heavy (non-hydrogen) atoms. The van der Waals surface area contributed by atoms with E-state index in [1.807, 2.05) is 12.1 Å². The van der Waals surface area contributed by atoms with Gasteiger partial charge in [-0.25, -0.2) is 9.79 Å². The number of phenols is 1. The Labute approximate surface area is 188 Å². The topological polar surface area (TPSA) is 90.1 Å². The molecule has 3 aromatic rings. The van der Waals surface area contributed by atoms with Crippen LogP contribution in [0, 0.1) is 0 Å². The molecule has 2 heterocycles. The first kappa shape index (κ1) is 21.6. The van der Waals surface area contributed by atoms with E-state index in [0.29, 0.717) is 31.9 Å². The van der Waals surface area contributed by atoms with E-state index in [1.54, 1.807) is 63.4 Å². The smallest absolute Gasteiger partial charge is 0.338 e. The highest BCUT2D eigenvalue weighted by Crippen LogP contribution is 2.31. The summed E-state index contributed by atoms with van der Waals surface area (Å²) in [7, 11) is 1.57. The van der Waals surface area contributed by atoms with Crippen molar-refractivity contribution in [2.45, 2.75) is 19.9 Å². The predicted octanol–water partition coefficient (Wildman–Crippen LogP) is 2.51. The molecule has 7 nitrogen and oxygen atoms in total. The number of esters is 1. The lowest BCUT2D eigenvalue weighted by molar-refractivity contribution is -0.139. The number of fused-ring (bicyclic) bond motifs is 1. The average Bonchev–Trinajstić information content (AvgIpc) is 3.09. The van der Waals surface area contributed by atoms with Crippen molar-refractivity contribution in [3.63, 3.8) is 0 Å². The number of phenolic OH excluding ortho intramolecular Hbond substituents is 1. The third-order valence-corrected chi connectivity index (χ3v) is 6.15. The Morgan fingerprint density at radius 3 is 2.59 bits per heavy atom. The zero-order chi connectivity index (χ0) is 22.8. The molecule has 1 N–H and O–H groups in total. The molecule has 0 fully saturated rings. The van der Waals surface area contributed by atoms with E-state index in [9.17, 15) is 14.7 Å². The van der Waals surface area contributed by atoms with E-state index in [0.717, 1.165) is 5.56 Å². The van der Waals surface area contributed by atoms with E-state index in [1.165, 1.54) is 15.9 Å². The summed E-state index contributed by atoms with van der Waals surface area (Å²) in [5.74, 6) is 0.233. The molecule has 1 atom stereocenters. The summed E-state index contributed by atoms with van der Waals surface area (Å²) in [6.45, 7) is 3.68. The van der Waals surface area contributed by atoms with Gasteiger partial charge in [0.2, 0.25) is 0 Å². The largest absolute Gasteiger partial charge is 0.507 e. The van der Waals surface area contributed by atoms with Crippen LogP contribution in [-0.2, 0) is 9.53 Å². The lowest BCUT2D eigenvalue weighted by Crippen LogP contribution is -2.39. The molecule has 0 aliphatic carbocycles. The first-order valence-corrected chi connectivity index (χ1v) is 10.9. The fourth-order valence-electron chi connectivity index (χ4n) is 3.64. The van der Waals surface area contributed by atoms with Crippen LogP contribution in [0.5, 0.6) is 11.5 Å². The van der Waals surface area contributed by atoms with Crippen molar-refractivity contribution in [3.05, 3.63) is 90.6 Å². The van der Waals surface area contributed by atoms with E-state index < -0.39 is 12.0 Å². The van der Waals surface area contributed by atoms with Crippen LogP contribution in [0.1, 0.15) is 31.0 Å². The average molecular weight is 451 g/mol. The van der Waals surface area contributed by atoms with Crippen LogP contribution in [0.2, 0.25) is 0 Å². The number of carbonyl (C=O) groups excluding carboxylic acids is 1. The Hall–Kier alpha value is -3.65. The Balaban J connectivity index is 1.96. The number of para-hydroxylation sites is 1. The summed E-state index contributed by atoms with van der Waals surface area (Å²) in [4.78, 5) is 31.3. The molecule has 1 unspecified atom stereocenters. The van der Waals surface area contributed by atoms with Crippen molar-refractivity contribution in [1.82, 2.24) is 4.57 Å². The minimum absolute atomic E-state index is 0.0773. The van der Waals surface area contributed by atoms with Crippen molar-refractivity contribution in [2.24, 2.45) is 4.99 Å². The van der Waals surface area contributed by atoms with E-state index >= 15 is 0 Å². The standard InChI is InChI=1S/C24H22N2O5S/c1-4-31-23(29)20-14(2)25-24-26(21(20)15-9-11-17(30-3)12-10-15)22(28)19(32-24)13-16-7-5-6-8-18(16)27/h5-13,21,27H,4H2,1-3H3/b19-13-. The number of hydrogen-bond donors (Lipinski definition) is 1. The number of ether oxygens (including phenoxy) is 2. The number of methoxy groups -OCH3 is 1. The molecular weight excluding hydrogens is 428 g/mol. The van der Waals surface area contributed by atoms with Crippen LogP contribution in [0.15, 0.2) is 69.6 Å². The van der Waals surface area contributed by atoms with Gasteiger partial charge in [0.15, 0.2) is 4.80 Å². The van der Waals surface area contributed by atoms with Crippen LogP contribution in [-0.4, -0.2) is 29.4 Å². The fraction of sp³-hybridized carbons (Fsp3) is 0.208. The molecule has 8 heteroatoms. The summed E-state index contributed by atoms with van der Waals surface area (Å²) in [6.07, 6.45) is 1.63. The highest BCUT2D eigenvalue weighted by Gasteiger charge is 2.33. The van der Waals surface area contributed by atoms with Gasteiger partial charge in [-0.15, -0.1) is 0 Å². The highest BCUT2D eigenvalue weighted by molar-refractivity contribution is 7.07. The van der Waals surface area contributed by atoms with Crippen molar-refractivity contribution >= 4 is 23.4 Å². The second-order valence-corrected chi connectivity index (χ2v) is 8.14. The maximum absolute atomic E-state index is 13.5. The first-order chi connectivity index (χ1) is 15.4. The van der Waals surface area contributed by atoms with Crippen LogP contribution in [0.4, 0.5) is 0 Å². The predicted molar refractivity (Wildman–Crippen MR) is 121 cm³/mol. The molecule has 1 aromatic heterocycles. The van der Waals surface area contributed by atoms with Gasteiger partial charge in [0.05, 0.1) is 35.6 Å². The van der Waals surface area contributed by atoms with E-state index in [2.05, 4.69) is 4.99 Å². The van der Waals surface area contributed by atoms with Crippen molar-refractivity contribution in [3.8, 4) is 11.5 Å². The Kier molecular flexibility index (Phi) is 5.96. The van der Waals surface area contributed by atoms with Crippen LogP contribution in [0.3, 0.4) is 0 Å². The quantitative estimate of drug-likeness (QED) is 0.604. The Bertz CT molecular complexity index is 1380. The zero-order valence-electron chi connectivity index (χ0n) is 17.9. The molecule has 0 amide bonds. The Morgan fingerprint density at radius 1 is 1.22 bits per heavy atom. The lowest BCUT2D eigenvalue weighted by atomic mass is 9.96. The minimum Gasteiger partial charge on any atom is -0.507 e. The summed E-state index contributed by atoms with van der Waals surface area (Å²) < 4.78 is 12.5. The number of nitrogens with zero attached hydrogens (tertiary/aromatic N) is 2. The second-order valence-electron chi connectivity index (χ2n) is 7.13. The van der Waals surface area contributed by atoms with Crippen LogP contribution < -0.4 is 19.6 Å². The molecule has 164 valence electrons. The number of rotatable bonds is 5. The normalized spacial score (nSPS) is 15.8. The number of carbonyl (C=O) groups is 1. The van der Waals surface area contributed by atoms with Gasteiger partial charge in [0.1, 0.15) is 11.5 Å². The fourth-order valence-corrected chi connectivity index (χ4v) is 4.68. The van der Waals surface area contributed by atoms with Gasteiger partial charge in [-0.2, -0.15) is 0 Å². The number of aromatic nitrogens is 1. The van der Waals surface area contributed by atoms with Crippen molar-refractivity contribution < 1.29 is 19.4 Å². The number of hydrogen-bond acceptors (Lipinski definition) is 7. The SMILES string of the molecule is CCOC(=O)C1=C(C)N=c2s/c(=C\c3ccccc3O)c(=O)n2C1c1ccc(OC)cc1. The first-order valence-electron chi connectivity index (χ1n) is 10.1. The minimum atomic E-state index is -0.692. The third-order valence-electron chi connectivity index (χ3n) is 5.17. The maximum atomic E-state index is 13.5. The Morgan fingerprint density at radius 2 is 1.94 bits per heavy atom. The van der Waals surface area contributed by atoms with E-state index in [-0.39, 0.29) is 17.9 Å². The van der Waals surface area contributed by atoms with Gasteiger partial charge >= 0.3 is 5.97 Å². The summed E-state index contributed by atoms with van der Waals surface area (Å²) in [5.41, 5.74) is 1.78. The highest BCUT2D eigenvalue weighted by atomic mass is 32.1. The number of benzene rings is 2. The van der Waals surface area contributed by atoms with Gasteiger partial charge in [-0.1, -0.05) is 41.7 Å². The second kappa shape index (κ2) is 8.84. The lowest BCUT2D eigenvalue weighted by Gasteiger charge is -2.24.